The number of cyclic esters (lactones) is 1. The Labute approximate surface area is 100 Å². The second-order valence-corrected chi connectivity index (χ2v) is 4.57. The number of carbonyl (C=O) groups is 1. The van der Waals surface area contributed by atoms with E-state index in [0.717, 1.165) is 25.9 Å². The Morgan fingerprint density at radius 3 is 3.00 bits per heavy atom. The third kappa shape index (κ3) is 3.34. The number of rotatable bonds is 3. The molecule has 0 N–H and O–H groups in total. The van der Waals surface area contributed by atoms with Crippen molar-refractivity contribution >= 4 is 17.6 Å². The zero-order chi connectivity index (χ0) is 11.4. The Hall–Kier alpha value is -0.320. The third-order valence-corrected chi connectivity index (χ3v) is 3.22. The van der Waals surface area contributed by atoms with Crippen LogP contribution in [0.4, 0.5) is 0 Å². The van der Waals surface area contributed by atoms with E-state index in [1.807, 2.05) is 0 Å². The SMILES string of the molecule is O=C1CC(OC2CCCCO2)C[C@@H](CCl)O1. The lowest BCUT2D eigenvalue weighted by Gasteiger charge is -2.32. The van der Waals surface area contributed by atoms with E-state index in [-0.39, 0.29) is 24.5 Å². The minimum absolute atomic E-state index is 0.104. The normalized spacial score (nSPS) is 35.8. The van der Waals surface area contributed by atoms with Crippen LogP contribution in [0.15, 0.2) is 0 Å². The highest BCUT2D eigenvalue weighted by Crippen LogP contribution is 2.23. The molecule has 2 fully saturated rings. The van der Waals surface area contributed by atoms with Gasteiger partial charge in [0.15, 0.2) is 6.29 Å². The van der Waals surface area contributed by atoms with E-state index in [9.17, 15) is 4.79 Å². The van der Waals surface area contributed by atoms with Crippen molar-refractivity contribution in [3.05, 3.63) is 0 Å². The number of carbonyl (C=O) groups excluding carboxylic acids is 1. The third-order valence-electron chi connectivity index (χ3n) is 2.87. The first kappa shape index (κ1) is 12.1. The fraction of sp³-hybridized carbons (Fsp3) is 0.909. The van der Waals surface area contributed by atoms with E-state index < -0.39 is 0 Å². The fourth-order valence-electron chi connectivity index (χ4n) is 2.08. The summed E-state index contributed by atoms with van der Waals surface area (Å²) in [6.45, 7) is 0.751. The molecule has 2 saturated heterocycles. The quantitative estimate of drug-likeness (QED) is 0.565. The van der Waals surface area contributed by atoms with Gasteiger partial charge in [-0.1, -0.05) is 0 Å². The molecule has 2 aliphatic rings. The zero-order valence-electron chi connectivity index (χ0n) is 9.19. The van der Waals surface area contributed by atoms with Crippen LogP contribution in [0.25, 0.3) is 0 Å². The molecule has 0 radical (unpaired) electrons. The van der Waals surface area contributed by atoms with Crippen LogP contribution >= 0.6 is 11.6 Å². The molecular weight excluding hydrogens is 232 g/mol. The summed E-state index contributed by atoms with van der Waals surface area (Å²) in [7, 11) is 0. The molecule has 0 aliphatic carbocycles. The number of ether oxygens (including phenoxy) is 3. The zero-order valence-corrected chi connectivity index (χ0v) is 9.95. The molecule has 2 rings (SSSR count). The average Bonchev–Trinajstić information content (AvgIpc) is 2.29. The van der Waals surface area contributed by atoms with Crippen molar-refractivity contribution < 1.29 is 19.0 Å². The molecule has 2 heterocycles. The summed E-state index contributed by atoms with van der Waals surface area (Å²) in [5.74, 6) is 0.106. The van der Waals surface area contributed by atoms with E-state index in [2.05, 4.69) is 0 Å². The summed E-state index contributed by atoms with van der Waals surface area (Å²) >= 11 is 5.69. The molecule has 0 saturated carbocycles. The molecule has 0 bridgehead atoms. The maximum absolute atomic E-state index is 11.3. The first-order valence-corrected chi connectivity index (χ1v) is 6.34. The van der Waals surface area contributed by atoms with E-state index in [1.54, 1.807) is 0 Å². The Kier molecular flexibility index (Phi) is 4.44. The Morgan fingerprint density at radius 2 is 2.31 bits per heavy atom. The molecule has 0 aromatic heterocycles. The molecule has 3 atom stereocenters. The lowest BCUT2D eigenvalue weighted by atomic mass is 10.1. The van der Waals surface area contributed by atoms with Gasteiger partial charge in [0, 0.05) is 13.0 Å². The summed E-state index contributed by atoms with van der Waals surface area (Å²) < 4.78 is 16.3. The maximum Gasteiger partial charge on any atom is 0.308 e. The van der Waals surface area contributed by atoms with Gasteiger partial charge in [-0.25, -0.2) is 0 Å². The molecule has 2 unspecified atom stereocenters. The Balaban J connectivity index is 1.81. The molecule has 0 spiro atoms. The van der Waals surface area contributed by atoms with Gasteiger partial charge in [-0.15, -0.1) is 11.6 Å². The minimum Gasteiger partial charge on any atom is -0.461 e. The molecule has 5 heteroatoms. The van der Waals surface area contributed by atoms with Crippen molar-refractivity contribution in [2.75, 3.05) is 12.5 Å². The van der Waals surface area contributed by atoms with Crippen LogP contribution in [0.5, 0.6) is 0 Å². The Bertz CT molecular complexity index is 240. The van der Waals surface area contributed by atoms with Gasteiger partial charge in [0.1, 0.15) is 6.10 Å². The summed E-state index contributed by atoms with van der Waals surface area (Å²) in [4.78, 5) is 11.3. The van der Waals surface area contributed by atoms with E-state index >= 15 is 0 Å². The van der Waals surface area contributed by atoms with Crippen LogP contribution < -0.4 is 0 Å². The van der Waals surface area contributed by atoms with Crippen LogP contribution in [0.2, 0.25) is 0 Å². The average molecular weight is 249 g/mol. The number of esters is 1. The van der Waals surface area contributed by atoms with Crippen LogP contribution in [0, 0.1) is 0 Å². The molecule has 2 aliphatic heterocycles. The van der Waals surface area contributed by atoms with Crippen LogP contribution in [0.1, 0.15) is 32.1 Å². The summed E-state index contributed by atoms with van der Waals surface area (Å²) in [6.07, 6.45) is 3.65. The summed E-state index contributed by atoms with van der Waals surface area (Å²) in [5.41, 5.74) is 0. The standard InChI is InChI=1S/C11H17ClO4/c12-7-9-5-8(6-10(13)15-9)16-11-3-1-2-4-14-11/h8-9,11H,1-7H2/t8?,9-,11?/m0/s1. The predicted octanol–water partition coefficient (Wildman–Crippen LogP) is 1.84. The van der Waals surface area contributed by atoms with Crippen molar-refractivity contribution in [3.63, 3.8) is 0 Å². The van der Waals surface area contributed by atoms with Gasteiger partial charge in [0.05, 0.1) is 18.4 Å². The van der Waals surface area contributed by atoms with Gasteiger partial charge >= 0.3 is 5.97 Å². The predicted molar refractivity (Wildman–Crippen MR) is 58.3 cm³/mol. The number of hydrogen-bond donors (Lipinski definition) is 0. The van der Waals surface area contributed by atoms with Gasteiger partial charge < -0.3 is 14.2 Å². The first-order valence-electron chi connectivity index (χ1n) is 5.80. The molecule has 0 aromatic carbocycles. The fourth-order valence-corrected chi connectivity index (χ4v) is 2.26. The van der Waals surface area contributed by atoms with Crippen molar-refractivity contribution in [2.45, 2.75) is 50.6 Å². The summed E-state index contributed by atoms with van der Waals surface area (Å²) in [5, 5.41) is 0. The maximum atomic E-state index is 11.3. The van der Waals surface area contributed by atoms with Gasteiger partial charge in [-0.2, -0.15) is 0 Å². The number of halogens is 1. The van der Waals surface area contributed by atoms with Gasteiger partial charge in [-0.05, 0) is 19.3 Å². The van der Waals surface area contributed by atoms with Crippen molar-refractivity contribution in [1.82, 2.24) is 0 Å². The van der Waals surface area contributed by atoms with Crippen molar-refractivity contribution in [1.29, 1.82) is 0 Å². The van der Waals surface area contributed by atoms with Crippen molar-refractivity contribution in [3.8, 4) is 0 Å². The van der Waals surface area contributed by atoms with E-state index in [0.29, 0.717) is 18.7 Å². The summed E-state index contributed by atoms with van der Waals surface area (Å²) in [6, 6.07) is 0. The van der Waals surface area contributed by atoms with Gasteiger partial charge in [0.2, 0.25) is 0 Å². The van der Waals surface area contributed by atoms with Crippen molar-refractivity contribution in [2.24, 2.45) is 0 Å². The smallest absolute Gasteiger partial charge is 0.308 e. The molecule has 4 nitrogen and oxygen atoms in total. The topological polar surface area (TPSA) is 44.8 Å². The van der Waals surface area contributed by atoms with Crippen LogP contribution in [0.3, 0.4) is 0 Å². The molecule has 0 aromatic rings. The highest BCUT2D eigenvalue weighted by atomic mass is 35.5. The highest BCUT2D eigenvalue weighted by Gasteiger charge is 2.31. The highest BCUT2D eigenvalue weighted by molar-refractivity contribution is 6.18. The molecule has 92 valence electrons. The van der Waals surface area contributed by atoms with E-state index in [1.165, 1.54) is 0 Å². The lowest BCUT2D eigenvalue weighted by Crippen LogP contribution is -2.38. The van der Waals surface area contributed by atoms with E-state index in [4.69, 9.17) is 25.8 Å². The molecule has 16 heavy (non-hydrogen) atoms. The van der Waals surface area contributed by atoms with Gasteiger partial charge in [-0.3, -0.25) is 4.79 Å². The Morgan fingerprint density at radius 1 is 1.44 bits per heavy atom. The monoisotopic (exact) mass is 248 g/mol. The largest absolute Gasteiger partial charge is 0.461 e. The second-order valence-electron chi connectivity index (χ2n) is 4.26. The number of hydrogen-bond acceptors (Lipinski definition) is 4. The second kappa shape index (κ2) is 5.84. The molecular formula is C11H17ClO4. The van der Waals surface area contributed by atoms with Gasteiger partial charge in [0.25, 0.3) is 0 Å². The lowest BCUT2D eigenvalue weighted by molar-refractivity contribution is -0.207. The minimum atomic E-state index is -0.224. The van der Waals surface area contributed by atoms with Crippen LogP contribution in [-0.2, 0) is 19.0 Å². The first-order chi connectivity index (χ1) is 7.78. The molecule has 0 amide bonds. The number of alkyl halides is 1. The van der Waals surface area contributed by atoms with Crippen LogP contribution in [-0.4, -0.2) is 37.0 Å².